The van der Waals surface area contributed by atoms with E-state index in [1.54, 1.807) is 0 Å². The molecular formula is C13H24N2O2. The molecule has 0 radical (unpaired) electrons. The number of carbonyl (C=O) groups is 2. The van der Waals surface area contributed by atoms with Gasteiger partial charge in [0.25, 0.3) is 0 Å². The predicted octanol–water partition coefficient (Wildman–Crippen LogP) is 1.74. The van der Waals surface area contributed by atoms with Crippen LogP contribution in [0.15, 0.2) is 0 Å². The lowest BCUT2D eigenvalue weighted by atomic mass is 9.80. The molecule has 0 aromatic heterocycles. The van der Waals surface area contributed by atoms with E-state index in [0.29, 0.717) is 0 Å². The molecule has 0 saturated heterocycles. The highest BCUT2D eigenvalue weighted by molar-refractivity contribution is 5.91. The Balaban J connectivity index is 2.74. The van der Waals surface area contributed by atoms with Crippen LogP contribution < -0.4 is 10.6 Å². The summed E-state index contributed by atoms with van der Waals surface area (Å²) in [5, 5.41) is 5.87. The van der Waals surface area contributed by atoms with Gasteiger partial charge in [0.15, 0.2) is 0 Å². The number of amides is 2. The molecule has 17 heavy (non-hydrogen) atoms. The highest BCUT2D eigenvalue weighted by Gasteiger charge is 2.40. The molecule has 4 heteroatoms. The molecule has 1 unspecified atom stereocenters. The van der Waals surface area contributed by atoms with E-state index in [0.717, 1.165) is 38.5 Å². The predicted molar refractivity (Wildman–Crippen MR) is 67.5 cm³/mol. The largest absolute Gasteiger partial charge is 0.352 e. The van der Waals surface area contributed by atoms with E-state index in [-0.39, 0.29) is 17.9 Å². The van der Waals surface area contributed by atoms with E-state index >= 15 is 0 Å². The van der Waals surface area contributed by atoms with Gasteiger partial charge < -0.3 is 10.6 Å². The first kappa shape index (κ1) is 14.0. The summed E-state index contributed by atoms with van der Waals surface area (Å²) in [7, 11) is 0. The van der Waals surface area contributed by atoms with Crippen molar-refractivity contribution < 1.29 is 9.59 Å². The van der Waals surface area contributed by atoms with E-state index in [1.807, 2.05) is 13.8 Å². The van der Waals surface area contributed by atoms with Crippen LogP contribution in [0.3, 0.4) is 0 Å². The van der Waals surface area contributed by atoms with Crippen LogP contribution in [0.5, 0.6) is 0 Å². The second-order valence-corrected chi connectivity index (χ2v) is 5.11. The lowest BCUT2D eigenvalue weighted by molar-refractivity contribution is -0.134. The normalized spacial score (nSPS) is 20.4. The molecule has 0 aromatic rings. The van der Waals surface area contributed by atoms with Crippen LogP contribution >= 0.6 is 0 Å². The van der Waals surface area contributed by atoms with Gasteiger partial charge in [-0.1, -0.05) is 26.2 Å². The molecule has 0 aromatic carbocycles. The third kappa shape index (κ3) is 3.72. The van der Waals surface area contributed by atoms with Crippen molar-refractivity contribution >= 4 is 11.8 Å². The van der Waals surface area contributed by atoms with Crippen molar-refractivity contribution in [1.29, 1.82) is 0 Å². The Bertz CT molecular complexity index is 283. The Hall–Kier alpha value is -1.06. The van der Waals surface area contributed by atoms with Gasteiger partial charge in [0.1, 0.15) is 5.54 Å². The summed E-state index contributed by atoms with van der Waals surface area (Å²) in [4.78, 5) is 23.6. The molecule has 0 heterocycles. The second kappa shape index (κ2) is 6.03. The van der Waals surface area contributed by atoms with Crippen molar-refractivity contribution in [3.8, 4) is 0 Å². The van der Waals surface area contributed by atoms with Crippen molar-refractivity contribution in [3.05, 3.63) is 0 Å². The third-order valence-electron chi connectivity index (χ3n) is 3.55. The molecule has 98 valence electrons. The number of rotatable bonds is 4. The summed E-state index contributed by atoms with van der Waals surface area (Å²) in [5.41, 5.74) is -0.659. The molecule has 1 aliphatic rings. The molecule has 1 rings (SSSR count). The summed E-state index contributed by atoms with van der Waals surface area (Å²) >= 11 is 0. The van der Waals surface area contributed by atoms with Crippen LogP contribution in [0.4, 0.5) is 0 Å². The Labute approximate surface area is 104 Å². The van der Waals surface area contributed by atoms with Crippen LogP contribution in [0.1, 0.15) is 59.3 Å². The molecule has 1 fully saturated rings. The molecule has 2 N–H and O–H groups in total. The Morgan fingerprint density at radius 1 is 1.24 bits per heavy atom. The fourth-order valence-corrected chi connectivity index (χ4v) is 2.37. The molecule has 1 atom stereocenters. The minimum atomic E-state index is -0.659. The van der Waals surface area contributed by atoms with Crippen molar-refractivity contribution in [2.24, 2.45) is 0 Å². The lowest BCUT2D eigenvalue weighted by Crippen LogP contribution is -2.60. The topological polar surface area (TPSA) is 58.2 Å². The third-order valence-corrected chi connectivity index (χ3v) is 3.55. The van der Waals surface area contributed by atoms with Crippen LogP contribution in [0.2, 0.25) is 0 Å². The van der Waals surface area contributed by atoms with Gasteiger partial charge in [0, 0.05) is 13.0 Å². The molecule has 2 amide bonds. The summed E-state index contributed by atoms with van der Waals surface area (Å²) in [6.07, 6.45) is 5.59. The summed E-state index contributed by atoms with van der Waals surface area (Å²) < 4.78 is 0. The lowest BCUT2D eigenvalue weighted by Gasteiger charge is -2.37. The zero-order valence-electron chi connectivity index (χ0n) is 11.1. The molecular weight excluding hydrogens is 216 g/mol. The minimum Gasteiger partial charge on any atom is -0.352 e. The Morgan fingerprint density at radius 2 is 1.82 bits per heavy atom. The maximum absolute atomic E-state index is 12.3. The summed E-state index contributed by atoms with van der Waals surface area (Å²) in [5.74, 6) is -0.132. The van der Waals surface area contributed by atoms with Gasteiger partial charge >= 0.3 is 0 Å². The molecule has 0 bridgehead atoms. The van der Waals surface area contributed by atoms with Crippen LogP contribution in [0.25, 0.3) is 0 Å². The summed E-state index contributed by atoms with van der Waals surface area (Å²) in [6, 6.07) is 0.162. The first-order valence-corrected chi connectivity index (χ1v) is 6.60. The Kier molecular flexibility index (Phi) is 4.97. The SMILES string of the molecule is CCC(C)NC(=O)C1(NC(C)=O)CCCCC1. The Morgan fingerprint density at radius 3 is 2.29 bits per heavy atom. The van der Waals surface area contributed by atoms with Gasteiger partial charge in [0.2, 0.25) is 11.8 Å². The highest BCUT2D eigenvalue weighted by Crippen LogP contribution is 2.28. The van der Waals surface area contributed by atoms with Crippen LogP contribution in [-0.4, -0.2) is 23.4 Å². The van der Waals surface area contributed by atoms with Gasteiger partial charge in [-0.3, -0.25) is 9.59 Å². The first-order valence-electron chi connectivity index (χ1n) is 6.60. The van der Waals surface area contributed by atoms with Gasteiger partial charge in [-0.25, -0.2) is 0 Å². The molecule has 1 saturated carbocycles. The average Bonchev–Trinajstić information content (AvgIpc) is 2.29. The second-order valence-electron chi connectivity index (χ2n) is 5.11. The van der Waals surface area contributed by atoms with Gasteiger partial charge in [-0.05, 0) is 26.2 Å². The fourth-order valence-electron chi connectivity index (χ4n) is 2.37. The zero-order valence-corrected chi connectivity index (χ0v) is 11.1. The van der Waals surface area contributed by atoms with Crippen LogP contribution in [-0.2, 0) is 9.59 Å². The summed E-state index contributed by atoms with van der Waals surface area (Å²) in [6.45, 7) is 5.51. The van der Waals surface area contributed by atoms with Gasteiger partial charge in [-0.2, -0.15) is 0 Å². The van der Waals surface area contributed by atoms with Crippen molar-refractivity contribution in [3.63, 3.8) is 0 Å². The standard InChI is InChI=1S/C13H24N2O2/c1-4-10(2)14-12(17)13(15-11(3)16)8-6-5-7-9-13/h10H,4-9H2,1-3H3,(H,14,17)(H,15,16). The van der Waals surface area contributed by atoms with Crippen LogP contribution in [0, 0.1) is 0 Å². The van der Waals surface area contributed by atoms with Crippen molar-refractivity contribution in [2.45, 2.75) is 70.9 Å². The van der Waals surface area contributed by atoms with E-state index in [1.165, 1.54) is 6.92 Å². The molecule has 0 spiro atoms. The molecule has 0 aliphatic heterocycles. The average molecular weight is 240 g/mol. The number of hydrogen-bond acceptors (Lipinski definition) is 2. The fraction of sp³-hybridized carbons (Fsp3) is 0.846. The van der Waals surface area contributed by atoms with Gasteiger partial charge in [0.05, 0.1) is 0 Å². The quantitative estimate of drug-likeness (QED) is 0.786. The number of carbonyl (C=O) groups excluding carboxylic acids is 2. The molecule has 4 nitrogen and oxygen atoms in total. The van der Waals surface area contributed by atoms with Crippen molar-refractivity contribution in [2.75, 3.05) is 0 Å². The minimum absolute atomic E-state index is 0.0123. The smallest absolute Gasteiger partial charge is 0.245 e. The van der Waals surface area contributed by atoms with Gasteiger partial charge in [-0.15, -0.1) is 0 Å². The monoisotopic (exact) mass is 240 g/mol. The molecule has 1 aliphatic carbocycles. The number of hydrogen-bond donors (Lipinski definition) is 2. The van der Waals surface area contributed by atoms with E-state index in [4.69, 9.17) is 0 Å². The maximum atomic E-state index is 12.3. The van der Waals surface area contributed by atoms with E-state index in [2.05, 4.69) is 10.6 Å². The first-order chi connectivity index (χ1) is 8.00. The highest BCUT2D eigenvalue weighted by atomic mass is 16.2. The maximum Gasteiger partial charge on any atom is 0.245 e. The van der Waals surface area contributed by atoms with Crippen molar-refractivity contribution in [1.82, 2.24) is 10.6 Å². The zero-order chi connectivity index (χ0) is 12.9. The number of nitrogens with one attached hydrogen (secondary N) is 2. The van der Waals surface area contributed by atoms with E-state index < -0.39 is 5.54 Å². The van der Waals surface area contributed by atoms with E-state index in [9.17, 15) is 9.59 Å².